The maximum Gasteiger partial charge on any atom is 0.0894 e. The van der Waals surface area contributed by atoms with E-state index >= 15 is 0 Å². The zero-order valence-corrected chi connectivity index (χ0v) is 9.40. The lowest BCUT2D eigenvalue weighted by Crippen LogP contribution is -2.54. The van der Waals surface area contributed by atoms with Crippen molar-refractivity contribution in [3.8, 4) is 0 Å². The zero-order chi connectivity index (χ0) is 8.60. The Morgan fingerprint density at radius 2 is 1.92 bits per heavy atom. The maximum atomic E-state index is 6.07. The molecule has 0 aliphatic carbocycles. The van der Waals surface area contributed by atoms with Gasteiger partial charge in [-0.25, -0.2) is 0 Å². The van der Waals surface area contributed by atoms with Crippen LogP contribution in [0.4, 0.5) is 0 Å². The van der Waals surface area contributed by atoms with Crippen LogP contribution in [0.3, 0.4) is 0 Å². The fourth-order valence-corrected chi connectivity index (χ4v) is 2.02. The molecule has 1 fully saturated rings. The fraction of sp³-hybridized carbons (Fsp3) is 0.333. The van der Waals surface area contributed by atoms with Gasteiger partial charge in [-0.05, 0) is 11.6 Å². The molecule has 1 heterocycles. The van der Waals surface area contributed by atoms with Crippen LogP contribution in [-0.4, -0.2) is 13.2 Å². The standard InChI is InChI=1S/C9H10BrNO.ClH/c10-8-4-2-1-3-7(8)9(11)5-12-6-9;/h1-4H,5-6,11H2;1H. The minimum Gasteiger partial charge on any atom is -0.377 e. The van der Waals surface area contributed by atoms with Crippen molar-refractivity contribution in [3.63, 3.8) is 0 Å². The quantitative estimate of drug-likeness (QED) is 0.843. The minimum absolute atomic E-state index is 0. The third-order valence-electron chi connectivity index (χ3n) is 2.13. The van der Waals surface area contributed by atoms with Crippen molar-refractivity contribution in [1.29, 1.82) is 0 Å². The van der Waals surface area contributed by atoms with E-state index in [1.807, 2.05) is 24.3 Å². The van der Waals surface area contributed by atoms with Crippen molar-refractivity contribution in [2.75, 3.05) is 13.2 Å². The van der Waals surface area contributed by atoms with Gasteiger partial charge in [-0.3, -0.25) is 0 Å². The molecule has 2 nitrogen and oxygen atoms in total. The first-order valence-electron chi connectivity index (χ1n) is 3.84. The van der Waals surface area contributed by atoms with Crippen LogP contribution >= 0.6 is 28.3 Å². The molecular weight excluding hydrogens is 253 g/mol. The van der Waals surface area contributed by atoms with Gasteiger partial charge in [0.1, 0.15) is 0 Å². The monoisotopic (exact) mass is 263 g/mol. The van der Waals surface area contributed by atoms with Crippen LogP contribution in [0.15, 0.2) is 28.7 Å². The molecule has 1 saturated heterocycles. The third-order valence-corrected chi connectivity index (χ3v) is 2.82. The van der Waals surface area contributed by atoms with Gasteiger partial charge in [0.25, 0.3) is 0 Å². The number of hydrogen-bond acceptors (Lipinski definition) is 2. The molecule has 72 valence electrons. The predicted octanol–water partition coefficient (Wildman–Crippen LogP) is 2.06. The molecule has 0 saturated carbocycles. The topological polar surface area (TPSA) is 35.2 Å². The van der Waals surface area contributed by atoms with Crippen molar-refractivity contribution in [2.24, 2.45) is 5.73 Å². The molecule has 13 heavy (non-hydrogen) atoms. The summed E-state index contributed by atoms with van der Waals surface area (Å²) in [6, 6.07) is 8.01. The molecule has 2 N–H and O–H groups in total. The van der Waals surface area contributed by atoms with Crippen LogP contribution in [0, 0.1) is 0 Å². The minimum atomic E-state index is -0.264. The first-order valence-corrected chi connectivity index (χ1v) is 4.63. The molecule has 1 aromatic rings. The second kappa shape index (κ2) is 3.96. The first kappa shape index (κ1) is 11.0. The molecule has 0 spiro atoms. The Bertz CT molecular complexity index is 301. The fourth-order valence-electron chi connectivity index (χ4n) is 1.34. The average molecular weight is 265 g/mol. The van der Waals surface area contributed by atoms with E-state index in [4.69, 9.17) is 10.5 Å². The Hall–Kier alpha value is -0.0900. The third kappa shape index (κ3) is 1.89. The van der Waals surface area contributed by atoms with Gasteiger partial charge in [-0.2, -0.15) is 0 Å². The van der Waals surface area contributed by atoms with Crippen LogP contribution in [0.25, 0.3) is 0 Å². The number of nitrogens with two attached hydrogens (primary N) is 1. The van der Waals surface area contributed by atoms with E-state index in [1.54, 1.807) is 0 Å². The summed E-state index contributed by atoms with van der Waals surface area (Å²) < 4.78 is 6.17. The lowest BCUT2D eigenvalue weighted by molar-refractivity contribution is -0.0572. The molecule has 0 atom stereocenters. The number of rotatable bonds is 1. The molecule has 2 rings (SSSR count). The lowest BCUT2D eigenvalue weighted by atomic mass is 9.89. The molecule has 0 aromatic heterocycles. The van der Waals surface area contributed by atoms with Crippen molar-refractivity contribution in [1.82, 2.24) is 0 Å². The van der Waals surface area contributed by atoms with Gasteiger partial charge in [0, 0.05) is 4.47 Å². The van der Waals surface area contributed by atoms with Crippen molar-refractivity contribution in [2.45, 2.75) is 5.54 Å². The van der Waals surface area contributed by atoms with Crippen LogP contribution in [-0.2, 0) is 10.3 Å². The van der Waals surface area contributed by atoms with Crippen LogP contribution < -0.4 is 5.73 Å². The largest absolute Gasteiger partial charge is 0.377 e. The summed E-state index contributed by atoms with van der Waals surface area (Å²) in [4.78, 5) is 0. The van der Waals surface area contributed by atoms with Crippen LogP contribution in [0.2, 0.25) is 0 Å². The van der Waals surface area contributed by atoms with E-state index in [1.165, 1.54) is 0 Å². The second-order valence-corrected chi connectivity index (χ2v) is 3.98. The van der Waals surface area contributed by atoms with Gasteiger partial charge < -0.3 is 10.5 Å². The van der Waals surface area contributed by atoms with Gasteiger partial charge in [-0.15, -0.1) is 12.4 Å². The van der Waals surface area contributed by atoms with Crippen molar-refractivity contribution >= 4 is 28.3 Å². The van der Waals surface area contributed by atoms with E-state index in [9.17, 15) is 0 Å². The average Bonchev–Trinajstić information content (AvgIpc) is 2.01. The summed E-state index contributed by atoms with van der Waals surface area (Å²) in [7, 11) is 0. The van der Waals surface area contributed by atoms with E-state index in [2.05, 4.69) is 15.9 Å². The molecular formula is C9H11BrClNO. The number of halogens is 2. The number of benzene rings is 1. The highest BCUT2D eigenvalue weighted by Gasteiger charge is 2.37. The normalized spacial score (nSPS) is 18.6. The molecule has 1 aliphatic rings. The zero-order valence-electron chi connectivity index (χ0n) is 7.00. The van der Waals surface area contributed by atoms with Crippen molar-refractivity contribution < 1.29 is 4.74 Å². The molecule has 0 bridgehead atoms. The molecule has 4 heteroatoms. The van der Waals surface area contributed by atoms with E-state index in [-0.39, 0.29) is 17.9 Å². The highest BCUT2D eigenvalue weighted by molar-refractivity contribution is 9.10. The number of ether oxygens (including phenoxy) is 1. The van der Waals surface area contributed by atoms with Crippen molar-refractivity contribution in [3.05, 3.63) is 34.3 Å². The predicted molar refractivity (Wildman–Crippen MR) is 58.1 cm³/mol. The Morgan fingerprint density at radius 3 is 2.38 bits per heavy atom. The van der Waals surface area contributed by atoms with E-state index in [0.29, 0.717) is 13.2 Å². The van der Waals surface area contributed by atoms with Gasteiger partial charge in [0.2, 0.25) is 0 Å². The summed E-state index contributed by atoms with van der Waals surface area (Å²) in [6.07, 6.45) is 0. The SMILES string of the molecule is Cl.NC1(c2ccccc2Br)COC1. The first-order chi connectivity index (χ1) is 5.72. The molecule has 0 amide bonds. The Morgan fingerprint density at radius 1 is 1.31 bits per heavy atom. The van der Waals surface area contributed by atoms with Crippen LogP contribution in [0.1, 0.15) is 5.56 Å². The Labute approximate surface area is 92.0 Å². The molecule has 0 radical (unpaired) electrons. The second-order valence-electron chi connectivity index (χ2n) is 3.13. The molecule has 1 aliphatic heterocycles. The van der Waals surface area contributed by atoms with E-state index in [0.717, 1.165) is 10.0 Å². The van der Waals surface area contributed by atoms with Gasteiger partial charge >= 0.3 is 0 Å². The van der Waals surface area contributed by atoms with Gasteiger partial charge in [0.05, 0.1) is 18.8 Å². The van der Waals surface area contributed by atoms with Gasteiger partial charge in [0.15, 0.2) is 0 Å². The van der Waals surface area contributed by atoms with Crippen LogP contribution in [0.5, 0.6) is 0 Å². The smallest absolute Gasteiger partial charge is 0.0894 e. The summed E-state index contributed by atoms with van der Waals surface area (Å²) in [5, 5.41) is 0. The highest BCUT2D eigenvalue weighted by Crippen LogP contribution is 2.31. The Kier molecular flexibility index (Phi) is 3.35. The Balaban J connectivity index is 0.000000845. The highest BCUT2D eigenvalue weighted by atomic mass is 79.9. The summed E-state index contributed by atoms with van der Waals surface area (Å²) in [5.74, 6) is 0. The maximum absolute atomic E-state index is 6.07. The molecule has 0 unspecified atom stereocenters. The summed E-state index contributed by atoms with van der Waals surface area (Å²) >= 11 is 3.47. The summed E-state index contributed by atoms with van der Waals surface area (Å²) in [6.45, 7) is 1.24. The van der Waals surface area contributed by atoms with Gasteiger partial charge in [-0.1, -0.05) is 34.1 Å². The lowest BCUT2D eigenvalue weighted by Gasteiger charge is -2.38. The van der Waals surface area contributed by atoms with E-state index < -0.39 is 0 Å². The number of hydrogen-bond donors (Lipinski definition) is 1. The summed E-state index contributed by atoms with van der Waals surface area (Å²) in [5.41, 5.74) is 6.94. The molecule has 1 aromatic carbocycles.